The average Bonchev–Trinajstić information content (AvgIpc) is 3.43. The SMILES string of the molecule is COc1ccccc1C1CCN(C(=O)C2(NC(=O)Cn3ccc(-c4ccc(Cl)c(F)c4)n3)CCNCC2)CC1. The third-order valence-electron chi connectivity index (χ3n) is 7.77. The molecule has 2 aromatic carbocycles. The van der Waals surface area contributed by atoms with Crippen molar-refractivity contribution in [2.24, 2.45) is 0 Å². The molecule has 0 radical (unpaired) electrons. The maximum atomic E-state index is 13.9. The van der Waals surface area contributed by atoms with Crippen molar-refractivity contribution in [3.63, 3.8) is 0 Å². The largest absolute Gasteiger partial charge is 0.496 e. The van der Waals surface area contributed by atoms with E-state index < -0.39 is 11.4 Å². The van der Waals surface area contributed by atoms with Gasteiger partial charge in [0.05, 0.1) is 17.8 Å². The van der Waals surface area contributed by atoms with Gasteiger partial charge < -0.3 is 20.3 Å². The first-order valence-corrected chi connectivity index (χ1v) is 13.7. The average molecular weight is 554 g/mol. The number of carbonyl (C=O) groups excluding carboxylic acids is 2. The summed E-state index contributed by atoms with van der Waals surface area (Å²) >= 11 is 5.78. The van der Waals surface area contributed by atoms with Gasteiger partial charge in [-0.25, -0.2) is 4.39 Å². The molecular weight excluding hydrogens is 521 g/mol. The lowest BCUT2D eigenvalue weighted by Crippen LogP contribution is -2.64. The Hall–Kier alpha value is -3.43. The summed E-state index contributed by atoms with van der Waals surface area (Å²) in [4.78, 5) is 28.9. The molecule has 3 heterocycles. The van der Waals surface area contributed by atoms with Crippen LogP contribution in [0.3, 0.4) is 0 Å². The van der Waals surface area contributed by atoms with Gasteiger partial charge in [-0.2, -0.15) is 5.10 Å². The van der Waals surface area contributed by atoms with Crippen LogP contribution >= 0.6 is 11.6 Å². The van der Waals surface area contributed by atoms with E-state index in [0.717, 1.165) is 18.6 Å². The number of amides is 2. The van der Waals surface area contributed by atoms with Gasteiger partial charge >= 0.3 is 0 Å². The highest BCUT2D eigenvalue weighted by Crippen LogP contribution is 2.35. The highest BCUT2D eigenvalue weighted by Gasteiger charge is 2.44. The Bertz CT molecular complexity index is 1330. The van der Waals surface area contributed by atoms with Crippen molar-refractivity contribution >= 4 is 23.4 Å². The second kappa shape index (κ2) is 11.8. The third-order valence-corrected chi connectivity index (χ3v) is 8.07. The highest BCUT2D eigenvalue weighted by atomic mass is 35.5. The maximum absolute atomic E-state index is 13.9. The van der Waals surface area contributed by atoms with E-state index in [9.17, 15) is 14.0 Å². The van der Waals surface area contributed by atoms with Crippen LogP contribution < -0.4 is 15.4 Å². The molecule has 0 saturated carbocycles. The predicted molar refractivity (Wildman–Crippen MR) is 147 cm³/mol. The molecule has 0 unspecified atom stereocenters. The fourth-order valence-corrected chi connectivity index (χ4v) is 5.78. The number of piperidine rings is 2. The standard InChI is InChI=1S/C29H33ClFN5O3/c1-39-26-5-3-2-4-22(26)20-8-15-35(16-9-20)28(38)29(11-13-32-14-12-29)33-27(37)19-36-17-10-25(34-36)21-6-7-23(30)24(31)18-21/h2-7,10,17-18,20,32H,8-9,11-16,19H2,1H3,(H,33,37). The molecule has 10 heteroatoms. The molecule has 2 saturated heterocycles. The Morgan fingerprint density at radius 1 is 1.15 bits per heavy atom. The second-order valence-corrected chi connectivity index (χ2v) is 10.6. The van der Waals surface area contributed by atoms with E-state index >= 15 is 0 Å². The zero-order chi connectivity index (χ0) is 27.4. The molecule has 3 aromatic rings. The highest BCUT2D eigenvalue weighted by molar-refractivity contribution is 6.30. The monoisotopic (exact) mass is 553 g/mol. The summed E-state index contributed by atoms with van der Waals surface area (Å²) in [6.45, 7) is 2.52. The van der Waals surface area contributed by atoms with Gasteiger partial charge in [-0.05, 0) is 74.5 Å². The topological polar surface area (TPSA) is 88.5 Å². The first-order chi connectivity index (χ1) is 18.9. The van der Waals surface area contributed by atoms with Crippen molar-refractivity contribution in [2.45, 2.75) is 43.7 Å². The molecule has 0 aliphatic carbocycles. The van der Waals surface area contributed by atoms with E-state index in [2.05, 4.69) is 21.8 Å². The Morgan fingerprint density at radius 3 is 2.62 bits per heavy atom. The Morgan fingerprint density at radius 2 is 1.90 bits per heavy atom. The number of benzene rings is 2. The molecule has 2 aliphatic heterocycles. The van der Waals surface area contributed by atoms with Gasteiger partial charge in [0, 0.05) is 24.8 Å². The molecule has 0 spiro atoms. The molecule has 39 heavy (non-hydrogen) atoms. The number of ether oxygens (including phenoxy) is 1. The normalized spacial score (nSPS) is 17.6. The van der Waals surface area contributed by atoms with Crippen LogP contribution in [0.5, 0.6) is 5.75 Å². The van der Waals surface area contributed by atoms with Gasteiger partial charge in [0.1, 0.15) is 23.7 Å². The Kier molecular flexibility index (Phi) is 8.18. The minimum Gasteiger partial charge on any atom is -0.496 e. The van der Waals surface area contributed by atoms with Gasteiger partial charge in [0.25, 0.3) is 0 Å². The molecule has 2 N–H and O–H groups in total. The first kappa shape index (κ1) is 27.1. The van der Waals surface area contributed by atoms with Crippen LogP contribution in [0, 0.1) is 5.82 Å². The lowest BCUT2D eigenvalue weighted by Gasteiger charge is -2.42. The molecule has 2 amide bonds. The van der Waals surface area contributed by atoms with Crippen LogP contribution in [-0.2, 0) is 16.1 Å². The van der Waals surface area contributed by atoms with Gasteiger partial charge in [0.2, 0.25) is 11.8 Å². The number of methoxy groups -OCH3 is 1. The molecule has 2 aliphatic rings. The smallest absolute Gasteiger partial charge is 0.248 e. The van der Waals surface area contributed by atoms with E-state index in [0.29, 0.717) is 56.2 Å². The molecule has 8 nitrogen and oxygen atoms in total. The number of carbonyl (C=O) groups is 2. The van der Waals surface area contributed by atoms with Crippen LogP contribution in [0.25, 0.3) is 11.3 Å². The molecule has 5 rings (SSSR count). The van der Waals surface area contributed by atoms with Gasteiger partial charge in [-0.15, -0.1) is 0 Å². The number of nitrogens with one attached hydrogen (secondary N) is 2. The fourth-order valence-electron chi connectivity index (χ4n) is 5.66. The van der Waals surface area contributed by atoms with E-state index in [1.165, 1.54) is 22.4 Å². The van der Waals surface area contributed by atoms with Crippen molar-refractivity contribution < 1.29 is 18.7 Å². The summed E-state index contributed by atoms with van der Waals surface area (Å²) in [6.07, 6.45) is 4.41. The summed E-state index contributed by atoms with van der Waals surface area (Å²) in [6, 6.07) is 14.2. The quantitative estimate of drug-likeness (QED) is 0.462. The number of hydrogen-bond acceptors (Lipinski definition) is 5. The van der Waals surface area contributed by atoms with Gasteiger partial charge in [0.15, 0.2) is 0 Å². The van der Waals surface area contributed by atoms with E-state index in [1.54, 1.807) is 25.4 Å². The molecular formula is C29H33ClFN5O3. The molecule has 2 fully saturated rings. The van der Waals surface area contributed by atoms with Crippen LogP contribution in [0.2, 0.25) is 5.02 Å². The molecule has 206 valence electrons. The summed E-state index contributed by atoms with van der Waals surface area (Å²) in [5.74, 6) is 0.374. The fraction of sp³-hybridized carbons (Fsp3) is 0.414. The van der Waals surface area contributed by atoms with Crippen LogP contribution in [0.15, 0.2) is 54.7 Å². The van der Waals surface area contributed by atoms with Crippen molar-refractivity contribution in [3.8, 4) is 17.0 Å². The van der Waals surface area contributed by atoms with E-state index in [1.807, 2.05) is 23.1 Å². The number of likely N-dealkylation sites (tertiary alicyclic amines) is 1. The number of rotatable bonds is 7. The zero-order valence-corrected chi connectivity index (χ0v) is 22.7. The maximum Gasteiger partial charge on any atom is 0.248 e. The van der Waals surface area contributed by atoms with Crippen LogP contribution in [0.4, 0.5) is 4.39 Å². The number of halogens is 2. The van der Waals surface area contributed by atoms with Crippen molar-refractivity contribution in [1.82, 2.24) is 25.3 Å². The van der Waals surface area contributed by atoms with Gasteiger partial charge in [-0.3, -0.25) is 14.3 Å². The Labute approximate surface area is 232 Å². The minimum atomic E-state index is -0.950. The number of aromatic nitrogens is 2. The zero-order valence-electron chi connectivity index (χ0n) is 22.0. The van der Waals surface area contributed by atoms with E-state index in [-0.39, 0.29) is 23.4 Å². The van der Waals surface area contributed by atoms with Crippen LogP contribution in [-0.4, -0.2) is 65.3 Å². The summed E-state index contributed by atoms with van der Waals surface area (Å²) in [5.41, 5.74) is 1.33. The van der Waals surface area contributed by atoms with Crippen molar-refractivity contribution in [3.05, 3.63) is 71.1 Å². The molecule has 0 bridgehead atoms. The molecule has 1 aromatic heterocycles. The summed E-state index contributed by atoms with van der Waals surface area (Å²) in [7, 11) is 1.68. The predicted octanol–water partition coefficient (Wildman–Crippen LogP) is 4.00. The van der Waals surface area contributed by atoms with Gasteiger partial charge in [-0.1, -0.05) is 35.9 Å². The molecule has 0 atom stereocenters. The van der Waals surface area contributed by atoms with Crippen molar-refractivity contribution in [2.75, 3.05) is 33.3 Å². The van der Waals surface area contributed by atoms with E-state index in [4.69, 9.17) is 16.3 Å². The Balaban J connectivity index is 1.24. The number of para-hydroxylation sites is 1. The lowest BCUT2D eigenvalue weighted by atomic mass is 9.84. The number of hydrogen-bond donors (Lipinski definition) is 2. The summed E-state index contributed by atoms with van der Waals surface area (Å²) < 4.78 is 20.9. The summed E-state index contributed by atoms with van der Waals surface area (Å²) in [5, 5.41) is 10.8. The third kappa shape index (κ3) is 5.94. The number of nitrogens with zero attached hydrogens (tertiary/aromatic N) is 3. The second-order valence-electron chi connectivity index (χ2n) is 10.2. The van der Waals surface area contributed by atoms with Crippen LogP contribution in [0.1, 0.15) is 37.2 Å². The first-order valence-electron chi connectivity index (χ1n) is 13.3. The van der Waals surface area contributed by atoms with Crippen molar-refractivity contribution in [1.29, 1.82) is 0 Å². The lowest BCUT2D eigenvalue weighted by molar-refractivity contribution is -0.144. The minimum absolute atomic E-state index is 0.0198.